The number of hydrogen-bond acceptors (Lipinski definition) is 3. The molecule has 17 heavy (non-hydrogen) atoms. The van der Waals surface area contributed by atoms with E-state index in [1.807, 2.05) is 11.8 Å². The Labute approximate surface area is 105 Å². The maximum absolute atomic E-state index is 4.64. The molecule has 1 atom stereocenters. The molecule has 2 N–H and O–H groups in total. The second kappa shape index (κ2) is 4.70. The van der Waals surface area contributed by atoms with Crippen molar-refractivity contribution in [2.45, 2.75) is 19.4 Å². The fraction of sp³-hybridized carbons (Fsp3) is 0.462. The predicted molar refractivity (Wildman–Crippen MR) is 73.7 cm³/mol. The maximum Gasteiger partial charge on any atom is 0.108 e. The zero-order valence-electron chi connectivity index (χ0n) is 9.99. The third-order valence-electron chi connectivity index (χ3n) is 3.12. The lowest BCUT2D eigenvalue weighted by Crippen LogP contribution is -2.39. The Morgan fingerprint density at radius 3 is 3.24 bits per heavy atom. The fourth-order valence-corrected chi connectivity index (χ4v) is 3.21. The molecule has 4 heteroatoms. The topological polar surface area (TPSA) is 40.7 Å². The molecular formula is C13H17N3S. The van der Waals surface area contributed by atoms with Crippen molar-refractivity contribution in [3.63, 3.8) is 0 Å². The van der Waals surface area contributed by atoms with Crippen molar-refractivity contribution in [2.75, 3.05) is 18.1 Å². The lowest BCUT2D eigenvalue weighted by atomic mass is 10.2. The zero-order chi connectivity index (χ0) is 11.7. The number of nitrogens with zero attached hydrogens (tertiary/aromatic N) is 1. The smallest absolute Gasteiger partial charge is 0.108 e. The van der Waals surface area contributed by atoms with E-state index in [2.05, 4.69) is 40.4 Å². The molecule has 1 unspecified atom stereocenters. The molecule has 90 valence electrons. The van der Waals surface area contributed by atoms with Gasteiger partial charge in [0.2, 0.25) is 0 Å². The van der Waals surface area contributed by atoms with Gasteiger partial charge in [0.1, 0.15) is 5.82 Å². The SMILES string of the molecule is Cc1ccc2nc(CC3CSCCN3)[nH]c2c1. The monoisotopic (exact) mass is 247 g/mol. The van der Waals surface area contributed by atoms with Gasteiger partial charge in [0.15, 0.2) is 0 Å². The summed E-state index contributed by atoms with van der Waals surface area (Å²) >= 11 is 2.03. The quantitative estimate of drug-likeness (QED) is 0.854. The number of imidazole rings is 1. The van der Waals surface area contributed by atoms with Crippen molar-refractivity contribution in [1.82, 2.24) is 15.3 Å². The number of benzene rings is 1. The van der Waals surface area contributed by atoms with Crippen LogP contribution in [-0.2, 0) is 6.42 Å². The highest BCUT2D eigenvalue weighted by atomic mass is 32.2. The highest BCUT2D eigenvalue weighted by Gasteiger charge is 2.15. The minimum absolute atomic E-state index is 0.565. The highest BCUT2D eigenvalue weighted by Crippen LogP contribution is 2.16. The van der Waals surface area contributed by atoms with E-state index in [1.54, 1.807) is 0 Å². The van der Waals surface area contributed by atoms with Crippen LogP contribution in [0.4, 0.5) is 0 Å². The van der Waals surface area contributed by atoms with Gasteiger partial charge in [0.25, 0.3) is 0 Å². The third-order valence-corrected chi connectivity index (χ3v) is 4.26. The lowest BCUT2D eigenvalue weighted by Gasteiger charge is -2.21. The van der Waals surface area contributed by atoms with Crippen LogP contribution in [0, 0.1) is 6.92 Å². The minimum Gasteiger partial charge on any atom is -0.342 e. The van der Waals surface area contributed by atoms with Gasteiger partial charge in [-0.2, -0.15) is 11.8 Å². The Balaban J connectivity index is 1.80. The van der Waals surface area contributed by atoms with Crippen LogP contribution < -0.4 is 5.32 Å². The number of hydrogen-bond donors (Lipinski definition) is 2. The zero-order valence-corrected chi connectivity index (χ0v) is 10.8. The van der Waals surface area contributed by atoms with Crippen LogP contribution in [0.3, 0.4) is 0 Å². The van der Waals surface area contributed by atoms with Gasteiger partial charge in [-0.3, -0.25) is 0 Å². The molecule has 2 aromatic rings. The maximum atomic E-state index is 4.64. The normalized spacial score (nSPS) is 20.9. The van der Waals surface area contributed by atoms with Crippen molar-refractivity contribution in [1.29, 1.82) is 0 Å². The number of aryl methyl sites for hydroxylation is 1. The molecule has 0 aliphatic carbocycles. The summed E-state index contributed by atoms with van der Waals surface area (Å²) in [4.78, 5) is 8.07. The number of rotatable bonds is 2. The Bertz CT molecular complexity index is 514. The number of nitrogens with one attached hydrogen (secondary N) is 2. The van der Waals surface area contributed by atoms with Crippen LogP contribution >= 0.6 is 11.8 Å². The molecule has 0 amide bonds. The van der Waals surface area contributed by atoms with Gasteiger partial charge >= 0.3 is 0 Å². The van der Waals surface area contributed by atoms with Crippen molar-refractivity contribution in [3.05, 3.63) is 29.6 Å². The van der Waals surface area contributed by atoms with E-state index in [0.717, 1.165) is 29.8 Å². The Morgan fingerprint density at radius 2 is 2.41 bits per heavy atom. The van der Waals surface area contributed by atoms with E-state index in [1.165, 1.54) is 17.1 Å². The molecule has 1 fully saturated rings. The van der Waals surface area contributed by atoms with E-state index in [9.17, 15) is 0 Å². The van der Waals surface area contributed by atoms with Crippen molar-refractivity contribution in [2.24, 2.45) is 0 Å². The molecular weight excluding hydrogens is 230 g/mol. The second-order valence-corrected chi connectivity index (χ2v) is 5.78. The summed E-state index contributed by atoms with van der Waals surface area (Å²) < 4.78 is 0. The van der Waals surface area contributed by atoms with E-state index in [0.29, 0.717) is 6.04 Å². The number of fused-ring (bicyclic) bond motifs is 1. The van der Waals surface area contributed by atoms with Gasteiger partial charge in [-0.15, -0.1) is 0 Å². The molecule has 1 aliphatic rings. The standard InChI is InChI=1S/C13H17N3S/c1-9-2-3-11-12(6-9)16-13(15-11)7-10-8-17-5-4-14-10/h2-3,6,10,14H,4-5,7-8H2,1H3,(H,15,16). The minimum atomic E-state index is 0.565. The van der Waals surface area contributed by atoms with Crippen LogP contribution in [0.25, 0.3) is 11.0 Å². The summed E-state index contributed by atoms with van der Waals surface area (Å²) in [7, 11) is 0. The van der Waals surface area contributed by atoms with Gasteiger partial charge in [0, 0.05) is 30.5 Å². The molecule has 1 aliphatic heterocycles. The van der Waals surface area contributed by atoms with E-state index in [4.69, 9.17) is 0 Å². The number of aromatic nitrogens is 2. The molecule has 2 heterocycles. The first kappa shape index (κ1) is 11.1. The summed E-state index contributed by atoms with van der Waals surface area (Å²) in [6.07, 6.45) is 1.00. The second-order valence-electron chi connectivity index (χ2n) is 4.63. The van der Waals surface area contributed by atoms with Crippen LogP contribution in [-0.4, -0.2) is 34.1 Å². The number of aromatic amines is 1. The average molecular weight is 247 g/mol. The first-order valence-electron chi connectivity index (χ1n) is 6.07. The molecule has 0 radical (unpaired) electrons. The largest absolute Gasteiger partial charge is 0.342 e. The Hall–Kier alpha value is -1.00. The Kier molecular flexibility index (Phi) is 3.07. The predicted octanol–water partition coefficient (Wildman–Crippen LogP) is 2.12. The van der Waals surface area contributed by atoms with Crippen LogP contribution in [0.1, 0.15) is 11.4 Å². The summed E-state index contributed by atoms with van der Waals surface area (Å²) in [6, 6.07) is 6.93. The van der Waals surface area contributed by atoms with Gasteiger partial charge in [-0.25, -0.2) is 4.98 Å². The summed E-state index contributed by atoms with van der Waals surface area (Å²) in [5, 5.41) is 3.54. The van der Waals surface area contributed by atoms with E-state index >= 15 is 0 Å². The van der Waals surface area contributed by atoms with Crippen molar-refractivity contribution >= 4 is 22.8 Å². The van der Waals surface area contributed by atoms with Gasteiger partial charge in [-0.05, 0) is 24.6 Å². The van der Waals surface area contributed by atoms with Gasteiger partial charge < -0.3 is 10.3 Å². The molecule has 0 saturated carbocycles. The first-order chi connectivity index (χ1) is 8.31. The van der Waals surface area contributed by atoms with Crippen LogP contribution in [0.2, 0.25) is 0 Å². The van der Waals surface area contributed by atoms with Gasteiger partial charge in [0.05, 0.1) is 11.0 Å². The highest BCUT2D eigenvalue weighted by molar-refractivity contribution is 7.99. The molecule has 3 rings (SSSR count). The van der Waals surface area contributed by atoms with Crippen molar-refractivity contribution in [3.8, 4) is 0 Å². The molecule has 1 aromatic carbocycles. The molecule has 1 aromatic heterocycles. The molecule has 1 saturated heterocycles. The lowest BCUT2D eigenvalue weighted by molar-refractivity contribution is 0.553. The number of H-pyrrole nitrogens is 1. The fourth-order valence-electron chi connectivity index (χ4n) is 2.26. The van der Waals surface area contributed by atoms with E-state index in [-0.39, 0.29) is 0 Å². The molecule has 0 spiro atoms. The summed E-state index contributed by atoms with van der Waals surface area (Å²) in [6.45, 7) is 3.23. The third kappa shape index (κ3) is 2.48. The average Bonchev–Trinajstić information content (AvgIpc) is 2.71. The molecule has 3 nitrogen and oxygen atoms in total. The first-order valence-corrected chi connectivity index (χ1v) is 7.23. The molecule has 0 bridgehead atoms. The van der Waals surface area contributed by atoms with Crippen LogP contribution in [0.15, 0.2) is 18.2 Å². The van der Waals surface area contributed by atoms with E-state index < -0.39 is 0 Å². The van der Waals surface area contributed by atoms with Gasteiger partial charge in [-0.1, -0.05) is 6.07 Å². The number of thioether (sulfide) groups is 1. The van der Waals surface area contributed by atoms with Crippen LogP contribution in [0.5, 0.6) is 0 Å². The van der Waals surface area contributed by atoms with Crippen molar-refractivity contribution < 1.29 is 0 Å². The Morgan fingerprint density at radius 1 is 1.47 bits per heavy atom. The summed E-state index contributed by atoms with van der Waals surface area (Å²) in [5.41, 5.74) is 3.51. The summed E-state index contributed by atoms with van der Waals surface area (Å²) in [5.74, 6) is 3.52.